The monoisotopic (exact) mass is 337 g/mol. The third kappa shape index (κ3) is 3.18. The second-order valence-electron chi connectivity index (χ2n) is 3.84. The molecule has 0 fully saturated rings. The van der Waals surface area contributed by atoms with Gasteiger partial charge in [-0.2, -0.15) is 0 Å². The predicted molar refractivity (Wildman–Crippen MR) is 76.4 cm³/mol. The average Bonchev–Trinajstić information content (AvgIpc) is 2.98. The minimum Gasteiger partial charge on any atom is -0.496 e. The van der Waals surface area contributed by atoms with Crippen molar-refractivity contribution in [3.63, 3.8) is 0 Å². The lowest BCUT2D eigenvalue weighted by atomic mass is 10.2. The predicted octanol–water partition coefficient (Wildman–Crippen LogP) is 1.86. The van der Waals surface area contributed by atoms with Gasteiger partial charge in [0.2, 0.25) is 0 Å². The Hall–Kier alpha value is -2.28. The molecule has 0 saturated carbocycles. The maximum atomic E-state index is 11.9. The van der Waals surface area contributed by atoms with E-state index in [2.05, 4.69) is 31.8 Å². The van der Waals surface area contributed by atoms with Crippen LogP contribution in [0.25, 0.3) is 0 Å². The molecule has 7 heteroatoms. The normalized spacial score (nSPS) is 9.90. The van der Waals surface area contributed by atoms with Gasteiger partial charge in [-0.3, -0.25) is 20.4 Å². The fourth-order valence-electron chi connectivity index (χ4n) is 1.53. The number of amides is 2. The van der Waals surface area contributed by atoms with E-state index in [1.54, 1.807) is 36.5 Å². The molecule has 0 aliphatic heterocycles. The Labute approximate surface area is 123 Å². The van der Waals surface area contributed by atoms with Crippen molar-refractivity contribution >= 4 is 27.7 Å². The van der Waals surface area contributed by atoms with Gasteiger partial charge >= 0.3 is 0 Å². The third-order valence-electron chi connectivity index (χ3n) is 2.55. The van der Waals surface area contributed by atoms with E-state index in [9.17, 15) is 9.59 Å². The number of aromatic amines is 1. The first-order valence-corrected chi connectivity index (χ1v) is 6.48. The molecule has 1 aromatic carbocycles. The molecule has 2 amide bonds. The molecule has 0 spiro atoms. The number of H-pyrrole nitrogens is 1. The number of methoxy groups -OCH3 is 1. The second kappa shape index (κ2) is 6.25. The topological polar surface area (TPSA) is 83.2 Å². The highest BCUT2D eigenvalue weighted by atomic mass is 79.9. The van der Waals surface area contributed by atoms with E-state index in [-0.39, 0.29) is 0 Å². The van der Waals surface area contributed by atoms with E-state index in [1.165, 1.54) is 7.11 Å². The number of halogens is 1. The van der Waals surface area contributed by atoms with Crippen molar-refractivity contribution in [2.75, 3.05) is 7.11 Å². The van der Waals surface area contributed by atoms with Gasteiger partial charge in [0.15, 0.2) is 0 Å². The fourth-order valence-corrected chi connectivity index (χ4v) is 2.07. The maximum Gasteiger partial charge on any atom is 0.286 e. The Morgan fingerprint density at radius 3 is 2.55 bits per heavy atom. The molecule has 2 rings (SSSR count). The Bertz CT molecular complexity index is 626. The van der Waals surface area contributed by atoms with Gasteiger partial charge in [-0.25, -0.2) is 0 Å². The van der Waals surface area contributed by atoms with E-state index in [0.717, 1.165) is 0 Å². The quantitative estimate of drug-likeness (QED) is 0.747. The van der Waals surface area contributed by atoms with Crippen LogP contribution in [0.3, 0.4) is 0 Å². The number of aromatic nitrogens is 1. The van der Waals surface area contributed by atoms with Crippen molar-refractivity contribution in [2.24, 2.45) is 0 Å². The molecule has 104 valence electrons. The molecule has 0 radical (unpaired) electrons. The fraction of sp³-hybridized carbons (Fsp3) is 0.0769. The molecule has 20 heavy (non-hydrogen) atoms. The van der Waals surface area contributed by atoms with E-state index in [4.69, 9.17) is 4.74 Å². The molecule has 3 N–H and O–H groups in total. The number of rotatable bonds is 3. The van der Waals surface area contributed by atoms with Gasteiger partial charge < -0.3 is 9.72 Å². The molecule has 0 atom stereocenters. The van der Waals surface area contributed by atoms with Crippen LogP contribution in [0.4, 0.5) is 0 Å². The minimum absolute atomic E-state index is 0.362. The van der Waals surface area contributed by atoms with Crippen molar-refractivity contribution in [3.05, 3.63) is 52.3 Å². The molecule has 1 aromatic heterocycles. The first-order valence-electron chi connectivity index (χ1n) is 5.69. The van der Waals surface area contributed by atoms with E-state index >= 15 is 0 Å². The molecule has 6 nitrogen and oxygen atoms in total. The van der Waals surface area contributed by atoms with Crippen molar-refractivity contribution in [3.8, 4) is 5.75 Å². The van der Waals surface area contributed by atoms with Gasteiger partial charge in [-0.15, -0.1) is 0 Å². The number of carbonyl (C=O) groups is 2. The summed E-state index contributed by atoms with van der Waals surface area (Å²) in [4.78, 5) is 26.2. The van der Waals surface area contributed by atoms with Crippen molar-refractivity contribution in [1.82, 2.24) is 15.8 Å². The number of benzene rings is 1. The lowest BCUT2D eigenvalue weighted by molar-refractivity contribution is 0.0844. The summed E-state index contributed by atoms with van der Waals surface area (Å²) in [6.07, 6.45) is 1.62. The zero-order valence-electron chi connectivity index (χ0n) is 10.6. The van der Waals surface area contributed by atoms with Crippen molar-refractivity contribution < 1.29 is 14.3 Å². The van der Waals surface area contributed by atoms with E-state index in [1.807, 2.05) is 0 Å². The molecule has 0 saturated heterocycles. The van der Waals surface area contributed by atoms with Gasteiger partial charge in [0.25, 0.3) is 11.8 Å². The number of carbonyl (C=O) groups excluding carboxylic acids is 2. The summed E-state index contributed by atoms with van der Waals surface area (Å²) in [5.41, 5.74) is 5.40. The van der Waals surface area contributed by atoms with Crippen LogP contribution in [0.15, 0.2) is 41.0 Å². The van der Waals surface area contributed by atoms with Crippen LogP contribution >= 0.6 is 15.9 Å². The minimum atomic E-state index is -0.423. The third-order valence-corrected chi connectivity index (χ3v) is 3.17. The standard InChI is InChI=1S/C13H12BrN3O3/c1-20-11-5-4-8(7-9(11)14)12(18)16-17-13(19)10-3-2-6-15-10/h2-7,15H,1H3,(H,16,18)(H,17,19). The van der Waals surface area contributed by atoms with Crippen molar-refractivity contribution in [1.29, 1.82) is 0 Å². The molecular weight excluding hydrogens is 326 g/mol. The van der Waals surface area contributed by atoms with Gasteiger partial charge in [0, 0.05) is 11.8 Å². The zero-order valence-corrected chi connectivity index (χ0v) is 12.2. The SMILES string of the molecule is COc1ccc(C(=O)NNC(=O)c2ccc[nH]2)cc1Br. The molecule has 2 aromatic rings. The summed E-state index contributed by atoms with van der Waals surface area (Å²) in [7, 11) is 1.54. The maximum absolute atomic E-state index is 11.9. The first-order chi connectivity index (χ1) is 9.61. The highest BCUT2D eigenvalue weighted by Gasteiger charge is 2.11. The van der Waals surface area contributed by atoms with Gasteiger partial charge in [-0.1, -0.05) is 0 Å². The summed E-state index contributed by atoms with van der Waals surface area (Å²) in [5.74, 6) is -0.221. The summed E-state index contributed by atoms with van der Waals surface area (Å²) in [5, 5.41) is 0. The summed E-state index contributed by atoms with van der Waals surface area (Å²) >= 11 is 3.29. The highest BCUT2D eigenvalue weighted by Crippen LogP contribution is 2.25. The summed E-state index contributed by atoms with van der Waals surface area (Å²) < 4.78 is 5.73. The van der Waals surface area contributed by atoms with Crippen LogP contribution in [0, 0.1) is 0 Å². The van der Waals surface area contributed by atoms with Crippen LogP contribution in [0.2, 0.25) is 0 Å². The molecule has 0 unspecified atom stereocenters. The lowest BCUT2D eigenvalue weighted by Crippen LogP contribution is -2.41. The van der Waals surface area contributed by atoms with Crippen molar-refractivity contribution in [2.45, 2.75) is 0 Å². The second-order valence-corrected chi connectivity index (χ2v) is 4.70. The smallest absolute Gasteiger partial charge is 0.286 e. The Kier molecular flexibility index (Phi) is 4.41. The lowest BCUT2D eigenvalue weighted by Gasteiger charge is -2.08. The van der Waals surface area contributed by atoms with Crippen LogP contribution in [0.1, 0.15) is 20.8 Å². The van der Waals surface area contributed by atoms with Gasteiger partial charge in [0.05, 0.1) is 11.6 Å². The van der Waals surface area contributed by atoms with Gasteiger partial charge in [0.1, 0.15) is 11.4 Å². The largest absolute Gasteiger partial charge is 0.496 e. The van der Waals surface area contributed by atoms with E-state index in [0.29, 0.717) is 21.5 Å². The Morgan fingerprint density at radius 2 is 1.95 bits per heavy atom. The van der Waals surface area contributed by atoms with Crippen LogP contribution in [0.5, 0.6) is 5.75 Å². The number of hydrogen-bond acceptors (Lipinski definition) is 3. The van der Waals surface area contributed by atoms with Crippen LogP contribution in [-0.2, 0) is 0 Å². The first kappa shape index (κ1) is 14.1. The molecular formula is C13H12BrN3O3. The highest BCUT2D eigenvalue weighted by molar-refractivity contribution is 9.10. The Balaban J connectivity index is 1.98. The number of hydrogen-bond donors (Lipinski definition) is 3. The molecule has 0 bridgehead atoms. The summed E-state index contributed by atoms with van der Waals surface area (Å²) in [6, 6.07) is 8.16. The van der Waals surface area contributed by atoms with E-state index < -0.39 is 11.8 Å². The number of ether oxygens (including phenoxy) is 1. The van der Waals surface area contributed by atoms with Crippen LogP contribution < -0.4 is 15.6 Å². The average molecular weight is 338 g/mol. The molecule has 0 aliphatic rings. The summed E-state index contributed by atoms with van der Waals surface area (Å²) in [6.45, 7) is 0. The molecule has 1 heterocycles. The zero-order chi connectivity index (χ0) is 14.5. The van der Waals surface area contributed by atoms with Gasteiger partial charge in [-0.05, 0) is 46.3 Å². The Morgan fingerprint density at radius 1 is 1.20 bits per heavy atom. The van der Waals surface area contributed by atoms with Crippen LogP contribution in [-0.4, -0.2) is 23.9 Å². The number of hydrazine groups is 1. The molecule has 0 aliphatic carbocycles. The number of nitrogens with one attached hydrogen (secondary N) is 3.